The van der Waals surface area contributed by atoms with E-state index in [-0.39, 0.29) is 17.9 Å². The summed E-state index contributed by atoms with van der Waals surface area (Å²) in [5.74, 6) is 1.46. The smallest absolute Gasteiger partial charge is 0.251 e. The van der Waals surface area contributed by atoms with Crippen molar-refractivity contribution in [2.24, 2.45) is 0 Å². The number of para-hydroxylation sites is 1. The minimum Gasteiger partial charge on any atom is -0.457 e. The molecule has 25 heavy (non-hydrogen) atoms. The second-order valence-corrected chi connectivity index (χ2v) is 6.19. The number of hydrogen-bond donors (Lipinski definition) is 1. The molecule has 1 saturated heterocycles. The van der Waals surface area contributed by atoms with Crippen molar-refractivity contribution in [2.45, 2.75) is 25.8 Å². The maximum absolute atomic E-state index is 12.4. The molecule has 0 spiro atoms. The second-order valence-electron chi connectivity index (χ2n) is 6.19. The van der Waals surface area contributed by atoms with Gasteiger partial charge in [-0.2, -0.15) is 0 Å². The number of carbonyl (C=O) groups is 2. The SMILES string of the molecule is CC(=O)N1CCC(NC(=O)c2ccc(Oc3ccccc3)cc2)CC1. The zero-order valence-corrected chi connectivity index (χ0v) is 14.3. The molecule has 0 radical (unpaired) electrons. The zero-order chi connectivity index (χ0) is 17.6. The Hall–Kier alpha value is -2.82. The maximum Gasteiger partial charge on any atom is 0.251 e. The van der Waals surface area contributed by atoms with Gasteiger partial charge in [-0.05, 0) is 49.2 Å². The van der Waals surface area contributed by atoms with Crippen LogP contribution in [-0.2, 0) is 4.79 Å². The summed E-state index contributed by atoms with van der Waals surface area (Å²) in [5, 5.41) is 3.05. The van der Waals surface area contributed by atoms with Crippen molar-refractivity contribution in [1.82, 2.24) is 10.2 Å². The molecule has 3 rings (SSSR count). The fourth-order valence-electron chi connectivity index (χ4n) is 2.91. The summed E-state index contributed by atoms with van der Waals surface area (Å²) in [4.78, 5) is 25.5. The van der Waals surface area contributed by atoms with Gasteiger partial charge in [-0.3, -0.25) is 9.59 Å². The van der Waals surface area contributed by atoms with E-state index in [1.807, 2.05) is 35.2 Å². The van der Waals surface area contributed by atoms with Crippen molar-refractivity contribution < 1.29 is 14.3 Å². The maximum atomic E-state index is 12.4. The van der Waals surface area contributed by atoms with Gasteiger partial charge in [0.1, 0.15) is 11.5 Å². The van der Waals surface area contributed by atoms with E-state index >= 15 is 0 Å². The number of likely N-dealkylation sites (tertiary alicyclic amines) is 1. The zero-order valence-electron chi connectivity index (χ0n) is 14.3. The highest BCUT2D eigenvalue weighted by Crippen LogP contribution is 2.21. The Bertz CT molecular complexity index is 720. The molecule has 2 aromatic carbocycles. The first-order chi connectivity index (χ1) is 12.1. The van der Waals surface area contributed by atoms with Crippen LogP contribution in [0.2, 0.25) is 0 Å². The average Bonchev–Trinajstić information content (AvgIpc) is 2.63. The normalized spacial score (nSPS) is 14.8. The first-order valence-corrected chi connectivity index (χ1v) is 8.51. The Kier molecular flexibility index (Phi) is 5.33. The predicted molar refractivity (Wildman–Crippen MR) is 95.7 cm³/mol. The molecule has 0 bridgehead atoms. The Balaban J connectivity index is 1.53. The summed E-state index contributed by atoms with van der Waals surface area (Å²) in [7, 11) is 0. The molecule has 1 fully saturated rings. The van der Waals surface area contributed by atoms with Gasteiger partial charge < -0.3 is 15.0 Å². The number of ether oxygens (including phenoxy) is 1. The number of benzene rings is 2. The van der Waals surface area contributed by atoms with Crippen molar-refractivity contribution in [2.75, 3.05) is 13.1 Å². The third-order valence-corrected chi connectivity index (χ3v) is 4.37. The van der Waals surface area contributed by atoms with Crippen molar-refractivity contribution >= 4 is 11.8 Å². The minimum absolute atomic E-state index is 0.0902. The summed E-state index contributed by atoms with van der Waals surface area (Å²) in [6, 6.07) is 16.7. The van der Waals surface area contributed by atoms with Crippen LogP contribution in [0.15, 0.2) is 54.6 Å². The van der Waals surface area contributed by atoms with Gasteiger partial charge in [0, 0.05) is 31.6 Å². The fourth-order valence-corrected chi connectivity index (χ4v) is 2.91. The standard InChI is InChI=1S/C20H22N2O3/c1-15(23)22-13-11-17(12-14-22)21-20(24)16-7-9-19(10-8-16)25-18-5-3-2-4-6-18/h2-10,17H,11-14H2,1H3,(H,21,24). The molecule has 5 heteroatoms. The third kappa shape index (κ3) is 4.59. The molecule has 2 amide bonds. The molecule has 0 unspecified atom stereocenters. The number of nitrogens with zero attached hydrogens (tertiary/aromatic N) is 1. The Morgan fingerprint density at radius 2 is 1.56 bits per heavy atom. The van der Waals surface area contributed by atoms with Crippen molar-refractivity contribution in [1.29, 1.82) is 0 Å². The Morgan fingerprint density at radius 3 is 2.16 bits per heavy atom. The van der Waals surface area contributed by atoms with Gasteiger partial charge in [0.2, 0.25) is 5.91 Å². The predicted octanol–water partition coefficient (Wildman–Crippen LogP) is 3.22. The van der Waals surface area contributed by atoms with Crippen LogP contribution in [0.5, 0.6) is 11.5 Å². The van der Waals surface area contributed by atoms with E-state index in [4.69, 9.17) is 4.74 Å². The molecule has 0 aromatic heterocycles. The number of hydrogen-bond acceptors (Lipinski definition) is 3. The highest BCUT2D eigenvalue weighted by atomic mass is 16.5. The summed E-state index contributed by atoms with van der Waals surface area (Å²) in [6.45, 7) is 2.98. The van der Waals surface area contributed by atoms with Gasteiger partial charge in [0.05, 0.1) is 0 Å². The summed E-state index contributed by atoms with van der Waals surface area (Å²) >= 11 is 0. The lowest BCUT2D eigenvalue weighted by molar-refractivity contribution is -0.129. The van der Waals surface area contributed by atoms with E-state index in [1.165, 1.54) is 0 Å². The van der Waals surface area contributed by atoms with Crippen LogP contribution < -0.4 is 10.1 Å². The van der Waals surface area contributed by atoms with Gasteiger partial charge in [0.25, 0.3) is 5.91 Å². The van der Waals surface area contributed by atoms with Crippen LogP contribution in [0.3, 0.4) is 0 Å². The lowest BCUT2D eigenvalue weighted by Crippen LogP contribution is -2.45. The van der Waals surface area contributed by atoms with Crippen LogP contribution in [0.25, 0.3) is 0 Å². The van der Waals surface area contributed by atoms with Crippen LogP contribution in [0, 0.1) is 0 Å². The van der Waals surface area contributed by atoms with Crippen LogP contribution >= 0.6 is 0 Å². The van der Waals surface area contributed by atoms with Crippen LogP contribution in [0.1, 0.15) is 30.1 Å². The van der Waals surface area contributed by atoms with E-state index in [0.717, 1.165) is 18.6 Å². The molecular weight excluding hydrogens is 316 g/mol. The van der Waals surface area contributed by atoms with E-state index in [1.54, 1.807) is 31.2 Å². The monoisotopic (exact) mass is 338 g/mol. The lowest BCUT2D eigenvalue weighted by Gasteiger charge is -2.31. The van der Waals surface area contributed by atoms with Crippen molar-refractivity contribution in [3.05, 3.63) is 60.2 Å². The van der Waals surface area contributed by atoms with Gasteiger partial charge in [-0.1, -0.05) is 18.2 Å². The molecule has 2 aromatic rings. The van der Waals surface area contributed by atoms with Gasteiger partial charge in [-0.15, -0.1) is 0 Å². The molecule has 1 aliphatic heterocycles. The molecule has 0 saturated carbocycles. The molecular formula is C20H22N2O3. The highest BCUT2D eigenvalue weighted by Gasteiger charge is 2.22. The number of piperidine rings is 1. The minimum atomic E-state index is -0.0902. The molecule has 130 valence electrons. The Morgan fingerprint density at radius 1 is 0.960 bits per heavy atom. The summed E-state index contributed by atoms with van der Waals surface area (Å²) in [5.41, 5.74) is 0.606. The first-order valence-electron chi connectivity index (χ1n) is 8.51. The molecule has 0 atom stereocenters. The largest absolute Gasteiger partial charge is 0.457 e. The van der Waals surface area contributed by atoms with Gasteiger partial charge in [-0.25, -0.2) is 0 Å². The Labute approximate surface area is 147 Å². The number of nitrogens with one attached hydrogen (secondary N) is 1. The van der Waals surface area contributed by atoms with Crippen molar-refractivity contribution in [3.8, 4) is 11.5 Å². The average molecular weight is 338 g/mol. The quantitative estimate of drug-likeness (QED) is 0.931. The second kappa shape index (κ2) is 7.83. The molecule has 5 nitrogen and oxygen atoms in total. The molecule has 1 heterocycles. The number of carbonyl (C=O) groups excluding carboxylic acids is 2. The van der Waals surface area contributed by atoms with E-state index in [2.05, 4.69) is 5.32 Å². The molecule has 1 aliphatic rings. The van der Waals surface area contributed by atoms with Gasteiger partial charge >= 0.3 is 0 Å². The number of rotatable bonds is 4. The lowest BCUT2D eigenvalue weighted by atomic mass is 10.0. The fraction of sp³-hybridized carbons (Fsp3) is 0.300. The van der Waals surface area contributed by atoms with E-state index in [9.17, 15) is 9.59 Å². The topological polar surface area (TPSA) is 58.6 Å². The number of amides is 2. The highest BCUT2D eigenvalue weighted by molar-refractivity contribution is 5.94. The van der Waals surface area contributed by atoms with Crippen LogP contribution in [0.4, 0.5) is 0 Å². The van der Waals surface area contributed by atoms with Crippen molar-refractivity contribution in [3.63, 3.8) is 0 Å². The molecule has 0 aliphatic carbocycles. The van der Waals surface area contributed by atoms with E-state index < -0.39 is 0 Å². The summed E-state index contributed by atoms with van der Waals surface area (Å²) in [6.07, 6.45) is 1.58. The van der Waals surface area contributed by atoms with Crippen LogP contribution in [-0.4, -0.2) is 35.8 Å². The third-order valence-electron chi connectivity index (χ3n) is 4.37. The first kappa shape index (κ1) is 17.0. The van der Waals surface area contributed by atoms with Gasteiger partial charge in [0.15, 0.2) is 0 Å². The summed E-state index contributed by atoms with van der Waals surface area (Å²) < 4.78 is 5.73. The molecule has 1 N–H and O–H groups in total. The van der Waals surface area contributed by atoms with E-state index in [0.29, 0.717) is 24.4 Å².